The van der Waals surface area contributed by atoms with Gasteiger partial charge in [0.05, 0.1) is 10.7 Å². The summed E-state index contributed by atoms with van der Waals surface area (Å²) in [7, 11) is 1.85. The number of hydrogen-bond acceptors (Lipinski definition) is 5. The van der Waals surface area contributed by atoms with Gasteiger partial charge in [0.2, 0.25) is 0 Å². The largest absolute Gasteiger partial charge is 0.356 e. The van der Waals surface area contributed by atoms with Crippen LogP contribution in [0.5, 0.6) is 0 Å². The number of aryl methyl sites for hydroxylation is 1. The van der Waals surface area contributed by atoms with Gasteiger partial charge in [-0.25, -0.2) is 9.97 Å². The molecule has 0 aromatic carbocycles. The Morgan fingerprint density at radius 1 is 1.29 bits per heavy atom. The number of guanidine groups is 1. The van der Waals surface area contributed by atoms with Crippen LogP contribution in [0.4, 0.5) is 5.82 Å². The zero-order chi connectivity index (χ0) is 16.8. The lowest BCUT2D eigenvalue weighted by Crippen LogP contribution is -2.53. The molecule has 0 atom stereocenters. The first-order valence-corrected chi connectivity index (χ1v) is 9.17. The minimum absolute atomic E-state index is 0.857. The number of hydrogen-bond donors (Lipinski definition) is 1. The lowest BCUT2D eigenvalue weighted by Gasteiger charge is -2.37. The van der Waals surface area contributed by atoms with Crippen molar-refractivity contribution in [3.8, 4) is 0 Å². The number of thiazole rings is 1. The van der Waals surface area contributed by atoms with Crippen LogP contribution in [0.3, 0.4) is 0 Å². The highest BCUT2D eigenvalue weighted by molar-refractivity contribution is 7.09. The molecular formula is C17H24N6S. The highest BCUT2D eigenvalue weighted by Crippen LogP contribution is 2.12. The van der Waals surface area contributed by atoms with E-state index in [9.17, 15) is 0 Å². The van der Waals surface area contributed by atoms with E-state index in [1.165, 1.54) is 0 Å². The molecule has 0 aliphatic carbocycles. The maximum atomic E-state index is 4.50. The fraction of sp³-hybridized carbons (Fsp3) is 0.471. The molecular weight excluding hydrogens is 320 g/mol. The number of nitrogens with one attached hydrogen (secondary N) is 1. The average Bonchev–Trinajstić information content (AvgIpc) is 3.05. The predicted molar refractivity (Wildman–Crippen MR) is 99.9 cm³/mol. The van der Waals surface area contributed by atoms with Gasteiger partial charge in [-0.15, -0.1) is 11.3 Å². The average molecular weight is 344 g/mol. The summed E-state index contributed by atoms with van der Waals surface area (Å²) in [6.45, 7) is 6.72. The smallest absolute Gasteiger partial charge is 0.193 e. The van der Waals surface area contributed by atoms with Gasteiger partial charge in [-0.2, -0.15) is 0 Å². The van der Waals surface area contributed by atoms with E-state index in [-0.39, 0.29) is 0 Å². The number of nitrogens with zero attached hydrogens (tertiary/aromatic N) is 5. The molecule has 128 valence electrons. The molecule has 0 saturated carbocycles. The number of rotatable bonds is 4. The van der Waals surface area contributed by atoms with Crippen LogP contribution in [0.2, 0.25) is 0 Å². The maximum Gasteiger partial charge on any atom is 0.193 e. The third kappa shape index (κ3) is 4.23. The number of aromatic nitrogens is 2. The molecule has 1 N–H and O–H groups in total. The Kier molecular flexibility index (Phi) is 5.63. The highest BCUT2D eigenvalue weighted by atomic mass is 32.1. The minimum atomic E-state index is 0.857. The quantitative estimate of drug-likeness (QED) is 0.677. The Labute approximate surface area is 147 Å². The Bertz CT molecular complexity index is 661. The van der Waals surface area contributed by atoms with E-state index < -0.39 is 0 Å². The molecule has 0 spiro atoms. The van der Waals surface area contributed by atoms with Crippen LogP contribution >= 0.6 is 11.3 Å². The van der Waals surface area contributed by atoms with Gasteiger partial charge in [-0.3, -0.25) is 4.99 Å². The van der Waals surface area contributed by atoms with E-state index in [1.807, 2.05) is 32.3 Å². The maximum absolute atomic E-state index is 4.50. The molecule has 1 fully saturated rings. The van der Waals surface area contributed by atoms with Crippen molar-refractivity contribution in [2.24, 2.45) is 4.99 Å². The fourth-order valence-electron chi connectivity index (χ4n) is 2.85. The Morgan fingerprint density at radius 3 is 2.75 bits per heavy atom. The van der Waals surface area contributed by atoms with E-state index in [1.54, 1.807) is 11.3 Å². The Balaban J connectivity index is 1.47. The van der Waals surface area contributed by atoms with Crippen LogP contribution in [0.1, 0.15) is 10.7 Å². The fourth-order valence-corrected chi connectivity index (χ4v) is 3.49. The third-order valence-electron chi connectivity index (χ3n) is 4.10. The van der Waals surface area contributed by atoms with E-state index in [0.29, 0.717) is 0 Å². The van der Waals surface area contributed by atoms with Gasteiger partial charge in [0.1, 0.15) is 5.82 Å². The second-order valence-electron chi connectivity index (χ2n) is 5.74. The summed E-state index contributed by atoms with van der Waals surface area (Å²) < 4.78 is 0. The molecule has 3 heterocycles. The number of pyridine rings is 1. The second kappa shape index (κ2) is 8.10. The van der Waals surface area contributed by atoms with Gasteiger partial charge in [0, 0.05) is 57.8 Å². The van der Waals surface area contributed by atoms with Crippen LogP contribution in [0, 0.1) is 6.92 Å². The lowest BCUT2D eigenvalue weighted by molar-refractivity contribution is 0.372. The lowest BCUT2D eigenvalue weighted by atomic mass is 10.3. The van der Waals surface area contributed by atoms with Crippen LogP contribution in [0.15, 0.2) is 34.8 Å². The van der Waals surface area contributed by atoms with E-state index in [4.69, 9.17) is 0 Å². The SMILES string of the molecule is CN=C(NCCc1csc(C)n1)N1CCN(c2ccccn2)CC1. The predicted octanol–water partition coefficient (Wildman–Crippen LogP) is 1.79. The standard InChI is InChI=1S/C17H24N6S/c1-14-21-15(13-24-14)6-8-20-17(18-2)23-11-9-22(10-12-23)16-5-3-4-7-19-16/h3-5,7,13H,6,8-12H2,1-2H3,(H,18,20). The molecule has 24 heavy (non-hydrogen) atoms. The number of anilines is 1. The van der Waals surface area contributed by atoms with Crippen molar-refractivity contribution in [3.63, 3.8) is 0 Å². The van der Waals surface area contributed by atoms with Crippen molar-refractivity contribution in [1.29, 1.82) is 0 Å². The minimum Gasteiger partial charge on any atom is -0.356 e. The second-order valence-corrected chi connectivity index (χ2v) is 6.81. The highest BCUT2D eigenvalue weighted by Gasteiger charge is 2.20. The van der Waals surface area contributed by atoms with E-state index in [0.717, 1.165) is 61.6 Å². The number of piperazine rings is 1. The van der Waals surface area contributed by atoms with E-state index in [2.05, 4.69) is 41.5 Å². The first-order chi connectivity index (χ1) is 11.8. The first-order valence-electron chi connectivity index (χ1n) is 8.29. The topological polar surface area (TPSA) is 56.7 Å². The molecule has 7 heteroatoms. The van der Waals surface area contributed by atoms with Gasteiger partial charge in [0.25, 0.3) is 0 Å². The molecule has 1 aliphatic rings. The molecule has 1 saturated heterocycles. The molecule has 2 aromatic rings. The van der Waals surface area contributed by atoms with Gasteiger partial charge in [0.15, 0.2) is 5.96 Å². The summed E-state index contributed by atoms with van der Waals surface area (Å²) >= 11 is 1.70. The first kappa shape index (κ1) is 16.7. The van der Waals surface area contributed by atoms with Gasteiger partial charge < -0.3 is 15.1 Å². The molecule has 0 bridgehead atoms. The summed E-state index contributed by atoms with van der Waals surface area (Å²) in [5.74, 6) is 2.03. The van der Waals surface area contributed by atoms with E-state index >= 15 is 0 Å². The summed E-state index contributed by atoms with van der Waals surface area (Å²) in [5, 5.41) is 6.71. The Hall–Kier alpha value is -2.15. The molecule has 0 amide bonds. The molecule has 0 radical (unpaired) electrons. The Morgan fingerprint density at radius 2 is 2.12 bits per heavy atom. The summed E-state index contributed by atoms with van der Waals surface area (Å²) in [5.41, 5.74) is 1.15. The van der Waals surface area contributed by atoms with Crippen molar-refractivity contribution in [3.05, 3.63) is 40.5 Å². The van der Waals surface area contributed by atoms with Crippen LogP contribution in [-0.4, -0.2) is 60.6 Å². The van der Waals surface area contributed by atoms with Crippen LogP contribution in [-0.2, 0) is 6.42 Å². The zero-order valence-corrected chi connectivity index (χ0v) is 15.1. The van der Waals surface area contributed by atoms with Gasteiger partial charge >= 0.3 is 0 Å². The summed E-state index contributed by atoms with van der Waals surface area (Å²) in [6, 6.07) is 6.06. The number of aliphatic imine (C=N–C) groups is 1. The van der Waals surface area contributed by atoms with Crippen molar-refractivity contribution >= 4 is 23.1 Å². The normalized spacial score (nSPS) is 15.7. The van der Waals surface area contributed by atoms with Crippen molar-refractivity contribution < 1.29 is 0 Å². The summed E-state index contributed by atoms with van der Waals surface area (Å²) in [6.07, 6.45) is 2.78. The molecule has 1 aliphatic heterocycles. The molecule has 2 aromatic heterocycles. The monoisotopic (exact) mass is 344 g/mol. The van der Waals surface area contributed by atoms with Crippen LogP contribution in [0.25, 0.3) is 0 Å². The third-order valence-corrected chi connectivity index (χ3v) is 4.92. The van der Waals surface area contributed by atoms with Gasteiger partial charge in [-0.1, -0.05) is 6.07 Å². The van der Waals surface area contributed by atoms with Gasteiger partial charge in [-0.05, 0) is 19.1 Å². The van der Waals surface area contributed by atoms with Crippen molar-refractivity contribution in [1.82, 2.24) is 20.2 Å². The molecule has 0 unspecified atom stereocenters. The van der Waals surface area contributed by atoms with Crippen LogP contribution < -0.4 is 10.2 Å². The molecule has 3 rings (SSSR count). The molecule has 6 nitrogen and oxygen atoms in total. The van der Waals surface area contributed by atoms with Crippen molar-refractivity contribution in [2.45, 2.75) is 13.3 Å². The summed E-state index contributed by atoms with van der Waals surface area (Å²) in [4.78, 5) is 18.0. The van der Waals surface area contributed by atoms with Crippen molar-refractivity contribution in [2.75, 3.05) is 44.7 Å². The zero-order valence-electron chi connectivity index (χ0n) is 14.3.